The number of rotatable bonds is 5. The summed E-state index contributed by atoms with van der Waals surface area (Å²) in [6.45, 7) is 11.3. The minimum Gasteiger partial charge on any atom is -0.507 e. The lowest BCUT2D eigenvalue weighted by atomic mass is 9.85. The minimum atomic E-state index is 0.115. The molecule has 1 aromatic carbocycles. The monoisotopic (exact) mass is 265 g/mol. The molecule has 19 heavy (non-hydrogen) atoms. The Bertz CT molecular complexity index is 398. The van der Waals surface area contributed by atoms with E-state index < -0.39 is 0 Å². The van der Waals surface area contributed by atoms with E-state index in [-0.39, 0.29) is 18.1 Å². The van der Waals surface area contributed by atoms with Crippen molar-refractivity contribution in [2.75, 3.05) is 6.61 Å². The second kappa shape index (κ2) is 6.40. The Morgan fingerprint density at radius 2 is 1.68 bits per heavy atom. The first-order valence-corrected chi connectivity index (χ1v) is 6.89. The average molecular weight is 265 g/mol. The summed E-state index contributed by atoms with van der Waals surface area (Å²) in [5, 5.41) is 22.4. The first-order chi connectivity index (χ1) is 8.75. The third kappa shape index (κ3) is 4.51. The molecule has 1 atom stereocenters. The van der Waals surface area contributed by atoms with Crippen LogP contribution in [0.15, 0.2) is 12.1 Å². The zero-order chi connectivity index (χ0) is 14.6. The predicted octanol–water partition coefficient (Wildman–Crippen LogP) is 2.90. The third-order valence-corrected chi connectivity index (χ3v) is 3.57. The van der Waals surface area contributed by atoms with Crippen LogP contribution in [0.3, 0.4) is 0 Å². The van der Waals surface area contributed by atoms with Gasteiger partial charge >= 0.3 is 0 Å². The van der Waals surface area contributed by atoms with E-state index in [1.165, 1.54) is 5.56 Å². The fraction of sp³-hybridized carbons (Fsp3) is 0.625. The van der Waals surface area contributed by atoms with Crippen molar-refractivity contribution >= 4 is 0 Å². The summed E-state index contributed by atoms with van der Waals surface area (Å²) >= 11 is 0. The molecule has 0 spiro atoms. The molecule has 1 rings (SSSR count). The van der Waals surface area contributed by atoms with Crippen LogP contribution in [0.5, 0.6) is 5.75 Å². The highest BCUT2D eigenvalue weighted by atomic mass is 16.3. The van der Waals surface area contributed by atoms with E-state index in [0.717, 1.165) is 24.1 Å². The summed E-state index contributed by atoms with van der Waals surface area (Å²) in [5.41, 5.74) is 3.10. The smallest absolute Gasteiger partial charge is 0.121 e. The summed E-state index contributed by atoms with van der Waals surface area (Å²) in [4.78, 5) is 0. The molecule has 0 saturated heterocycles. The zero-order valence-corrected chi connectivity index (χ0v) is 12.7. The molecular weight excluding hydrogens is 238 g/mol. The number of aryl methyl sites for hydroxylation is 2. The lowest BCUT2D eigenvalue weighted by Crippen LogP contribution is -2.40. The van der Waals surface area contributed by atoms with Gasteiger partial charge in [0, 0.05) is 19.2 Å². The molecular formula is C16H27NO2. The van der Waals surface area contributed by atoms with Gasteiger partial charge in [0.2, 0.25) is 0 Å². The third-order valence-electron chi connectivity index (χ3n) is 3.57. The predicted molar refractivity (Wildman–Crippen MR) is 79.4 cm³/mol. The highest BCUT2D eigenvalue weighted by Gasteiger charge is 2.23. The molecule has 0 aliphatic heterocycles. The Morgan fingerprint density at radius 3 is 2.11 bits per heavy atom. The number of aliphatic hydroxyl groups excluding tert-OH is 1. The Hall–Kier alpha value is -1.06. The number of aliphatic hydroxyl groups is 1. The molecule has 0 radical (unpaired) electrons. The van der Waals surface area contributed by atoms with Crippen molar-refractivity contribution in [3.8, 4) is 5.75 Å². The van der Waals surface area contributed by atoms with Crippen LogP contribution in [0, 0.1) is 19.3 Å². The molecule has 0 aliphatic rings. The van der Waals surface area contributed by atoms with E-state index in [9.17, 15) is 5.11 Å². The SMILES string of the molecule is Cc1cc(CNC(CCO)C(C)(C)C)cc(C)c1O. The first-order valence-electron chi connectivity index (χ1n) is 6.89. The maximum absolute atomic E-state index is 9.77. The molecule has 0 amide bonds. The molecule has 1 unspecified atom stereocenters. The van der Waals surface area contributed by atoms with Gasteiger partial charge < -0.3 is 15.5 Å². The second-order valence-corrected chi connectivity index (χ2v) is 6.39. The standard InChI is InChI=1S/C16H27NO2/c1-11-8-13(9-12(2)15(11)19)10-17-14(6-7-18)16(3,4)5/h8-9,14,17-19H,6-7,10H2,1-5H3. The molecule has 0 saturated carbocycles. The molecule has 1 aromatic rings. The van der Waals surface area contributed by atoms with E-state index in [2.05, 4.69) is 26.1 Å². The second-order valence-electron chi connectivity index (χ2n) is 6.39. The van der Waals surface area contributed by atoms with Crippen molar-refractivity contribution in [2.45, 2.75) is 53.6 Å². The number of benzene rings is 1. The maximum Gasteiger partial charge on any atom is 0.121 e. The summed E-state index contributed by atoms with van der Waals surface area (Å²) in [6, 6.07) is 4.29. The minimum absolute atomic E-state index is 0.115. The van der Waals surface area contributed by atoms with E-state index in [4.69, 9.17) is 5.11 Å². The number of phenolic OH excluding ortho intramolecular Hbond substituents is 1. The lowest BCUT2D eigenvalue weighted by Gasteiger charge is -2.31. The Labute approximate surface area is 116 Å². The number of aromatic hydroxyl groups is 1. The Kier molecular flexibility index (Phi) is 5.39. The topological polar surface area (TPSA) is 52.5 Å². The molecule has 0 aliphatic carbocycles. The molecule has 0 bridgehead atoms. The molecule has 3 heteroatoms. The number of hydrogen-bond donors (Lipinski definition) is 3. The fourth-order valence-corrected chi connectivity index (χ4v) is 2.36. The number of hydrogen-bond acceptors (Lipinski definition) is 3. The molecule has 108 valence electrons. The average Bonchev–Trinajstić information content (AvgIpc) is 2.29. The van der Waals surface area contributed by atoms with Crippen molar-refractivity contribution in [1.82, 2.24) is 5.32 Å². The molecule has 0 heterocycles. The van der Waals surface area contributed by atoms with Crippen LogP contribution < -0.4 is 5.32 Å². The quantitative estimate of drug-likeness (QED) is 0.767. The van der Waals surface area contributed by atoms with Crippen molar-refractivity contribution in [3.63, 3.8) is 0 Å². The molecule has 3 N–H and O–H groups in total. The number of nitrogens with one attached hydrogen (secondary N) is 1. The van der Waals surface area contributed by atoms with Gasteiger partial charge in [0.25, 0.3) is 0 Å². The van der Waals surface area contributed by atoms with Gasteiger partial charge in [0.15, 0.2) is 0 Å². The van der Waals surface area contributed by atoms with E-state index in [0.29, 0.717) is 5.75 Å². The maximum atomic E-state index is 9.77. The van der Waals surface area contributed by atoms with Gasteiger partial charge in [-0.15, -0.1) is 0 Å². The normalized spacial score (nSPS) is 13.6. The highest BCUT2D eigenvalue weighted by molar-refractivity contribution is 5.42. The first kappa shape index (κ1) is 16.0. The number of phenols is 1. The van der Waals surface area contributed by atoms with Gasteiger partial charge in [-0.1, -0.05) is 32.9 Å². The lowest BCUT2D eigenvalue weighted by molar-refractivity contribution is 0.196. The van der Waals surface area contributed by atoms with Crippen LogP contribution in [0.1, 0.15) is 43.9 Å². The van der Waals surface area contributed by atoms with Crippen LogP contribution >= 0.6 is 0 Å². The summed E-state index contributed by atoms with van der Waals surface area (Å²) < 4.78 is 0. The molecule has 3 nitrogen and oxygen atoms in total. The van der Waals surface area contributed by atoms with Gasteiger partial charge in [0.1, 0.15) is 5.75 Å². The van der Waals surface area contributed by atoms with Crippen molar-refractivity contribution in [1.29, 1.82) is 0 Å². The Balaban J connectivity index is 2.75. The van der Waals surface area contributed by atoms with Crippen LogP contribution in [-0.2, 0) is 6.54 Å². The van der Waals surface area contributed by atoms with Gasteiger partial charge in [-0.2, -0.15) is 0 Å². The van der Waals surface area contributed by atoms with Crippen LogP contribution in [0.25, 0.3) is 0 Å². The van der Waals surface area contributed by atoms with E-state index in [1.807, 2.05) is 26.0 Å². The van der Waals surface area contributed by atoms with Crippen molar-refractivity contribution in [3.05, 3.63) is 28.8 Å². The molecule has 0 fully saturated rings. The van der Waals surface area contributed by atoms with Crippen LogP contribution in [0.2, 0.25) is 0 Å². The van der Waals surface area contributed by atoms with E-state index in [1.54, 1.807) is 0 Å². The van der Waals surface area contributed by atoms with E-state index >= 15 is 0 Å². The summed E-state index contributed by atoms with van der Waals surface area (Å²) in [7, 11) is 0. The van der Waals surface area contributed by atoms with Gasteiger partial charge in [-0.3, -0.25) is 0 Å². The van der Waals surface area contributed by atoms with Gasteiger partial charge in [0.05, 0.1) is 0 Å². The van der Waals surface area contributed by atoms with Gasteiger partial charge in [-0.05, 0) is 42.4 Å². The molecule has 0 aromatic heterocycles. The Morgan fingerprint density at radius 1 is 1.16 bits per heavy atom. The highest BCUT2D eigenvalue weighted by Crippen LogP contribution is 2.25. The zero-order valence-electron chi connectivity index (χ0n) is 12.7. The van der Waals surface area contributed by atoms with Crippen LogP contribution in [-0.4, -0.2) is 22.9 Å². The van der Waals surface area contributed by atoms with Crippen molar-refractivity contribution in [2.24, 2.45) is 5.41 Å². The van der Waals surface area contributed by atoms with Gasteiger partial charge in [-0.25, -0.2) is 0 Å². The van der Waals surface area contributed by atoms with Crippen molar-refractivity contribution < 1.29 is 10.2 Å². The summed E-state index contributed by atoms with van der Waals surface area (Å²) in [6.07, 6.45) is 0.750. The fourth-order valence-electron chi connectivity index (χ4n) is 2.36. The largest absolute Gasteiger partial charge is 0.507 e. The summed E-state index contributed by atoms with van der Waals surface area (Å²) in [5.74, 6) is 0.381. The van der Waals surface area contributed by atoms with Crippen LogP contribution in [0.4, 0.5) is 0 Å².